The van der Waals surface area contributed by atoms with Crippen molar-refractivity contribution in [1.29, 1.82) is 0 Å². The Bertz CT molecular complexity index is 617. The van der Waals surface area contributed by atoms with Gasteiger partial charge in [-0.2, -0.15) is 0 Å². The van der Waals surface area contributed by atoms with E-state index in [1.165, 1.54) is 0 Å². The van der Waals surface area contributed by atoms with E-state index in [1.807, 2.05) is 12.1 Å². The van der Waals surface area contributed by atoms with Crippen molar-refractivity contribution in [2.24, 2.45) is 0 Å². The molecule has 0 amide bonds. The number of hydrogen-bond donors (Lipinski definition) is 0. The molecule has 0 fully saturated rings. The Morgan fingerprint density at radius 1 is 0.773 bits per heavy atom. The van der Waals surface area contributed by atoms with Crippen molar-refractivity contribution in [3.05, 3.63) is 59.7 Å². The van der Waals surface area contributed by atoms with Crippen LogP contribution < -0.4 is 0 Å². The Labute approximate surface area is 129 Å². The Balaban J connectivity index is 2.32. The minimum absolute atomic E-state index is 0.335. The third-order valence-corrected chi connectivity index (χ3v) is 3.08. The molecule has 0 radical (unpaired) electrons. The summed E-state index contributed by atoms with van der Waals surface area (Å²) in [7, 11) is 0. The van der Waals surface area contributed by atoms with Crippen molar-refractivity contribution in [3.63, 3.8) is 0 Å². The van der Waals surface area contributed by atoms with Crippen LogP contribution in [-0.2, 0) is 9.47 Å². The number of ether oxygens (including phenoxy) is 2. The van der Waals surface area contributed by atoms with Crippen molar-refractivity contribution in [3.8, 4) is 11.1 Å². The molecule has 0 aliphatic carbocycles. The van der Waals surface area contributed by atoms with E-state index in [1.54, 1.807) is 50.2 Å². The molecule has 2 aromatic rings. The van der Waals surface area contributed by atoms with Gasteiger partial charge in [0.05, 0.1) is 24.3 Å². The van der Waals surface area contributed by atoms with E-state index in [0.29, 0.717) is 24.3 Å². The molecule has 0 saturated carbocycles. The van der Waals surface area contributed by atoms with E-state index in [-0.39, 0.29) is 11.9 Å². The first-order chi connectivity index (χ1) is 10.7. The Morgan fingerprint density at radius 3 is 1.55 bits per heavy atom. The van der Waals surface area contributed by atoms with E-state index < -0.39 is 0 Å². The summed E-state index contributed by atoms with van der Waals surface area (Å²) in [5.74, 6) is -0.711. The zero-order valence-electron chi connectivity index (χ0n) is 12.7. The molecule has 2 rings (SSSR count). The predicted molar refractivity (Wildman–Crippen MR) is 83.8 cm³/mol. The van der Waals surface area contributed by atoms with Crippen LogP contribution in [0.25, 0.3) is 11.1 Å². The molecule has 0 unspecified atom stereocenters. The molecule has 4 nitrogen and oxygen atoms in total. The van der Waals surface area contributed by atoms with Gasteiger partial charge in [0.15, 0.2) is 0 Å². The fourth-order valence-corrected chi connectivity index (χ4v) is 2.08. The first-order valence-electron chi connectivity index (χ1n) is 7.20. The lowest BCUT2D eigenvalue weighted by Gasteiger charge is -2.07. The molecule has 0 N–H and O–H groups in total. The van der Waals surface area contributed by atoms with Crippen molar-refractivity contribution in [2.45, 2.75) is 13.8 Å². The molecule has 2 aromatic carbocycles. The lowest BCUT2D eigenvalue weighted by atomic mass is 10.0. The van der Waals surface area contributed by atoms with Gasteiger partial charge in [0.25, 0.3) is 0 Å². The Kier molecular flexibility index (Phi) is 5.31. The first kappa shape index (κ1) is 15.8. The number of hydrogen-bond acceptors (Lipinski definition) is 4. The highest BCUT2D eigenvalue weighted by molar-refractivity contribution is 5.93. The van der Waals surface area contributed by atoms with Crippen molar-refractivity contribution >= 4 is 11.9 Å². The molecule has 0 aromatic heterocycles. The van der Waals surface area contributed by atoms with Crippen LogP contribution in [0.1, 0.15) is 34.6 Å². The summed E-state index contributed by atoms with van der Waals surface area (Å²) >= 11 is 0. The summed E-state index contributed by atoms with van der Waals surface area (Å²) in [5, 5.41) is 0. The van der Waals surface area contributed by atoms with Crippen LogP contribution in [-0.4, -0.2) is 25.2 Å². The summed E-state index contributed by atoms with van der Waals surface area (Å²) in [6.45, 7) is 4.21. The maximum atomic E-state index is 11.8. The Morgan fingerprint density at radius 2 is 1.18 bits per heavy atom. The quantitative estimate of drug-likeness (QED) is 0.790. The topological polar surface area (TPSA) is 52.6 Å². The summed E-state index contributed by atoms with van der Waals surface area (Å²) in [4.78, 5) is 23.6. The van der Waals surface area contributed by atoms with Gasteiger partial charge in [0.2, 0.25) is 0 Å². The van der Waals surface area contributed by atoms with Gasteiger partial charge < -0.3 is 9.47 Å². The van der Waals surface area contributed by atoms with Gasteiger partial charge in [0, 0.05) is 0 Å². The molecule has 0 bridgehead atoms. The van der Waals surface area contributed by atoms with E-state index in [9.17, 15) is 9.59 Å². The molecule has 0 heterocycles. The lowest BCUT2D eigenvalue weighted by molar-refractivity contribution is 0.0516. The average Bonchev–Trinajstić information content (AvgIpc) is 2.55. The average molecular weight is 298 g/mol. The fraction of sp³-hybridized carbons (Fsp3) is 0.222. The lowest BCUT2D eigenvalue weighted by Crippen LogP contribution is -2.05. The van der Waals surface area contributed by atoms with Gasteiger partial charge in [0.1, 0.15) is 0 Å². The zero-order chi connectivity index (χ0) is 15.9. The van der Waals surface area contributed by atoms with Crippen molar-refractivity contribution in [2.75, 3.05) is 13.2 Å². The summed E-state index contributed by atoms with van der Waals surface area (Å²) < 4.78 is 10.00. The maximum Gasteiger partial charge on any atom is 0.338 e. The molecular formula is C18H18O4. The highest BCUT2D eigenvalue weighted by Crippen LogP contribution is 2.22. The van der Waals surface area contributed by atoms with Crippen LogP contribution in [0.3, 0.4) is 0 Å². The van der Waals surface area contributed by atoms with Crippen LogP contribution in [0.15, 0.2) is 48.5 Å². The van der Waals surface area contributed by atoms with E-state index in [0.717, 1.165) is 11.1 Å². The molecule has 0 spiro atoms. The molecular weight excluding hydrogens is 280 g/mol. The molecule has 0 aliphatic rings. The third kappa shape index (κ3) is 3.73. The van der Waals surface area contributed by atoms with Gasteiger partial charge in [-0.25, -0.2) is 9.59 Å². The van der Waals surface area contributed by atoms with Crippen LogP contribution in [0.4, 0.5) is 0 Å². The molecule has 0 aliphatic heterocycles. The number of carbonyl (C=O) groups is 2. The second kappa shape index (κ2) is 7.41. The second-order valence-electron chi connectivity index (χ2n) is 4.60. The summed E-state index contributed by atoms with van der Waals surface area (Å²) in [5.41, 5.74) is 2.66. The normalized spacial score (nSPS) is 10.1. The largest absolute Gasteiger partial charge is 0.462 e. The van der Waals surface area contributed by atoms with Gasteiger partial charge in [-0.1, -0.05) is 24.3 Å². The SMILES string of the molecule is CCOC(=O)c1cccc(-c2cccc(C(=O)OCC)c2)c1. The first-order valence-corrected chi connectivity index (χ1v) is 7.20. The zero-order valence-corrected chi connectivity index (χ0v) is 12.7. The van der Waals surface area contributed by atoms with E-state index >= 15 is 0 Å². The molecule has 4 heteroatoms. The van der Waals surface area contributed by atoms with Gasteiger partial charge >= 0.3 is 11.9 Å². The predicted octanol–water partition coefficient (Wildman–Crippen LogP) is 3.71. The van der Waals surface area contributed by atoms with Gasteiger partial charge in [-0.3, -0.25) is 0 Å². The van der Waals surface area contributed by atoms with Gasteiger partial charge in [-0.05, 0) is 49.2 Å². The molecule has 0 saturated heterocycles. The van der Waals surface area contributed by atoms with Crippen LogP contribution >= 0.6 is 0 Å². The number of carbonyl (C=O) groups excluding carboxylic acids is 2. The summed E-state index contributed by atoms with van der Waals surface area (Å²) in [6, 6.07) is 14.3. The van der Waals surface area contributed by atoms with E-state index in [2.05, 4.69) is 0 Å². The molecule has 114 valence electrons. The number of esters is 2. The fourth-order valence-electron chi connectivity index (χ4n) is 2.08. The third-order valence-electron chi connectivity index (χ3n) is 3.08. The van der Waals surface area contributed by atoms with Crippen LogP contribution in [0.2, 0.25) is 0 Å². The van der Waals surface area contributed by atoms with Crippen LogP contribution in [0.5, 0.6) is 0 Å². The highest BCUT2D eigenvalue weighted by atomic mass is 16.5. The Hall–Kier alpha value is -2.62. The minimum Gasteiger partial charge on any atom is -0.462 e. The summed E-state index contributed by atoms with van der Waals surface area (Å²) in [6.07, 6.45) is 0. The monoisotopic (exact) mass is 298 g/mol. The maximum absolute atomic E-state index is 11.8. The van der Waals surface area contributed by atoms with Gasteiger partial charge in [-0.15, -0.1) is 0 Å². The number of rotatable bonds is 5. The minimum atomic E-state index is -0.356. The second-order valence-corrected chi connectivity index (χ2v) is 4.60. The van der Waals surface area contributed by atoms with Crippen LogP contribution in [0, 0.1) is 0 Å². The number of benzene rings is 2. The van der Waals surface area contributed by atoms with Crippen molar-refractivity contribution < 1.29 is 19.1 Å². The van der Waals surface area contributed by atoms with E-state index in [4.69, 9.17) is 9.47 Å². The standard InChI is InChI=1S/C18H18O4/c1-3-21-17(19)15-9-5-7-13(11-15)14-8-6-10-16(12-14)18(20)22-4-2/h5-12H,3-4H2,1-2H3. The molecule has 22 heavy (non-hydrogen) atoms. The molecule has 0 atom stereocenters. The highest BCUT2D eigenvalue weighted by Gasteiger charge is 2.10. The van der Waals surface area contributed by atoms with Crippen molar-refractivity contribution in [1.82, 2.24) is 0 Å². The smallest absolute Gasteiger partial charge is 0.338 e.